The summed E-state index contributed by atoms with van der Waals surface area (Å²) in [6, 6.07) is 1.44. The third-order valence-corrected chi connectivity index (χ3v) is 4.45. The largest absolute Gasteiger partial charge is 0.384 e. The van der Waals surface area contributed by atoms with Gasteiger partial charge < -0.3 is 10.1 Å². The van der Waals surface area contributed by atoms with Gasteiger partial charge in [-0.05, 0) is 30.6 Å². The van der Waals surface area contributed by atoms with Gasteiger partial charge in [-0.1, -0.05) is 20.8 Å². The van der Waals surface area contributed by atoms with Crippen molar-refractivity contribution in [3.05, 3.63) is 0 Å². The molecule has 1 aliphatic carbocycles. The topological polar surface area (TPSA) is 24.5 Å². The van der Waals surface area contributed by atoms with E-state index in [1.165, 1.54) is 32.5 Å². The lowest BCUT2D eigenvalue weighted by atomic mass is 9.95. The number of piperazine rings is 1. The smallest absolute Gasteiger partial charge is 0.0500 e. The average molecular weight is 254 g/mol. The highest BCUT2D eigenvalue weighted by molar-refractivity contribution is 4.95. The molecule has 3 nitrogen and oxygen atoms in total. The molecule has 0 bridgehead atoms. The third kappa shape index (κ3) is 3.69. The molecule has 3 atom stereocenters. The van der Waals surface area contributed by atoms with Crippen LogP contribution >= 0.6 is 0 Å². The first-order valence-corrected chi connectivity index (χ1v) is 7.58. The molecule has 0 amide bonds. The molecule has 3 unspecified atom stereocenters. The SMILES string of the molecule is COCC(C)CN1CC(C2CC2)NCC1C(C)C. The lowest BCUT2D eigenvalue weighted by Crippen LogP contribution is -2.59. The molecular weight excluding hydrogens is 224 g/mol. The Labute approximate surface area is 112 Å². The minimum atomic E-state index is 0.634. The summed E-state index contributed by atoms with van der Waals surface area (Å²) in [7, 11) is 1.81. The molecule has 1 aliphatic heterocycles. The molecule has 0 aromatic carbocycles. The van der Waals surface area contributed by atoms with Crippen molar-refractivity contribution in [3.8, 4) is 0 Å². The molecule has 2 rings (SSSR count). The summed E-state index contributed by atoms with van der Waals surface area (Å²) in [5.41, 5.74) is 0. The zero-order valence-electron chi connectivity index (χ0n) is 12.5. The molecular formula is C15H30N2O. The molecule has 2 fully saturated rings. The van der Waals surface area contributed by atoms with Crippen molar-refractivity contribution >= 4 is 0 Å². The quantitative estimate of drug-likeness (QED) is 0.784. The van der Waals surface area contributed by atoms with E-state index in [2.05, 4.69) is 31.0 Å². The number of rotatable bonds is 6. The Balaban J connectivity index is 1.90. The molecule has 0 aromatic rings. The van der Waals surface area contributed by atoms with Crippen molar-refractivity contribution in [2.45, 2.75) is 45.7 Å². The zero-order chi connectivity index (χ0) is 13.1. The standard InChI is InChI=1S/C15H30N2O/c1-11(2)15-7-16-14(13-5-6-13)9-17(15)8-12(3)10-18-4/h11-16H,5-10H2,1-4H3. The molecule has 1 saturated heterocycles. The summed E-state index contributed by atoms with van der Waals surface area (Å²) >= 11 is 0. The number of methoxy groups -OCH3 is 1. The second-order valence-corrected chi connectivity index (χ2v) is 6.68. The monoisotopic (exact) mass is 254 g/mol. The summed E-state index contributed by atoms with van der Waals surface area (Å²) in [6.45, 7) is 11.5. The van der Waals surface area contributed by atoms with Gasteiger partial charge in [-0.3, -0.25) is 4.90 Å². The maximum Gasteiger partial charge on any atom is 0.0500 e. The Morgan fingerprint density at radius 3 is 2.56 bits per heavy atom. The number of nitrogens with one attached hydrogen (secondary N) is 1. The third-order valence-electron chi connectivity index (χ3n) is 4.45. The Hall–Kier alpha value is -0.120. The summed E-state index contributed by atoms with van der Waals surface area (Å²) < 4.78 is 5.29. The Kier molecular flexibility index (Phi) is 5.05. The molecule has 1 heterocycles. The Morgan fingerprint density at radius 2 is 2.00 bits per heavy atom. The van der Waals surface area contributed by atoms with Crippen LogP contribution in [0, 0.1) is 17.8 Å². The molecule has 18 heavy (non-hydrogen) atoms. The van der Waals surface area contributed by atoms with Crippen molar-refractivity contribution in [2.75, 3.05) is 33.4 Å². The summed E-state index contributed by atoms with van der Waals surface area (Å²) in [6.07, 6.45) is 2.87. The van der Waals surface area contributed by atoms with Crippen molar-refractivity contribution in [2.24, 2.45) is 17.8 Å². The predicted molar refractivity (Wildman–Crippen MR) is 75.8 cm³/mol. The molecule has 0 spiro atoms. The Morgan fingerprint density at radius 1 is 1.28 bits per heavy atom. The van der Waals surface area contributed by atoms with Gasteiger partial charge in [0.05, 0.1) is 0 Å². The molecule has 1 saturated carbocycles. The number of nitrogens with zero attached hydrogens (tertiary/aromatic N) is 1. The second kappa shape index (κ2) is 6.36. The van der Waals surface area contributed by atoms with Crippen molar-refractivity contribution < 1.29 is 4.74 Å². The van der Waals surface area contributed by atoms with E-state index in [1.807, 2.05) is 0 Å². The minimum Gasteiger partial charge on any atom is -0.384 e. The van der Waals surface area contributed by atoms with Gasteiger partial charge in [-0.25, -0.2) is 0 Å². The normalized spacial score (nSPS) is 31.8. The van der Waals surface area contributed by atoms with Gasteiger partial charge in [0.15, 0.2) is 0 Å². The molecule has 2 aliphatic rings. The highest BCUT2D eigenvalue weighted by Crippen LogP contribution is 2.34. The maximum absolute atomic E-state index is 5.29. The van der Waals surface area contributed by atoms with Crippen LogP contribution in [0.5, 0.6) is 0 Å². The van der Waals surface area contributed by atoms with Gasteiger partial charge in [-0.15, -0.1) is 0 Å². The van der Waals surface area contributed by atoms with E-state index < -0.39 is 0 Å². The van der Waals surface area contributed by atoms with Gasteiger partial charge in [0, 0.05) is 45.4 Å². The maximum atomic E-state index is 5.29. The van der Waals surface area contributed by atoms with Crippen LogP contribution in [-0.4, -0.2) is 50.3 Å². The number of ether oxygens (including phenoxy) is 1. The highest BCUT2D eigenvalue weighted by Gasteiger charge is 2.38. The van der Waals surface area contributed by atoms with E-state index in [1.54, 1.807) is 7.11 Å². The lowest BCUT2D eigenvalue weighted by Gasteiger charge is -2.43. The fourth-order valence-electron chi connectivity index (χ4n) is 3.27. The van der Waals surface area contributed by atoms with E-state index in [-0.39, 0.29) is 0 Å². The van der Waals surface area contributed by atoms with Crippen LogP contribution in [-0.2, 0) is 4.74 Å². The van der Waals surface area contributed by atoms with Crippen molar-refractivity contribution in [1.82, 2.24) is 10.2 Å². The van der Waals surface area contributed by atoms with E-state index in [4.69, 9.17) is 4.74 Å². The Bertz CT molecular complexity index is 253. The number of hydrogen-bond donors (Lipinski definition) is 1. The van der Waals surface area contributed by atoms with Crippen LogP contribution in [0.4, 0.5) is 0 Å². The van der Waals surface area contributed by atoms with Crippen LogP contribution in [0.2, 0.25) is 0 Å². The molecule has 0 aromatic heterocycles. The first-order valence-electron chi connectivity index (χ1n) is 7.58. The first kappa shape index (κ1) is 14.3. The van der Waals surface area contributed by atoms with Gasteiger partial charge in [0.2, 0.25) is 0 Å². The second-order valence-electron chi connectivity index (χ2n) is 6.68. The molecule has 0 radical (unpaired) electrons. The van der Waals surface area contributed by atoms with Crippen LogP contribution in [0.3, 0.4) is 0 Å². The highest BCUT2D eigenvalue weighted by atomic mass is 16.5. The van der Waals surface area contributed by atoms with Gasteiger partial charge in [0.25, 0.3) is 0 Å². The first-order chi connectivity index (χ1) is 8.61. The van der Waals surface area contributed by atoms with Crippen molar-refractivity contribution in [1.29, 1.82) is 0 Å². The minimum absolute atomic E-state index is 0.634. The fourth-order valence-corrected chi connectivity index (χ4v) is 3.27. The van der Waals surface area contributed by atoms with E-state index in [0.717, 1.165) is 24.5 Å². The van der Waals surface area contributed by atoms with E-state index in [9.17, 15) is 0 Å². The average Bonchev–Trinajstić information content (AvgIpc) is 3.12. The molecule has 1 N–H and O–H groups in total. The van der Waals surface area contributed by atoms with Crippen LogP contribution in [0.1, 0.15) is 33.6 Å². The van der Waals surface area contributed by atoms with Gasteiger partial charge in [0.1, 0.15) is 0 Å². The predicted octanol–water partition coefficient (Wildman–Crippen LogP) is 1.98. The lowest BCUT2D eigenvalue weighted by molar-refractivity contribution is 0.0583. The molecule has 3 heteroatoms. The summed E-state index contributed by atoms with van der Waals surface area (Å²) in [5, 5.41) is 3.77. The number of hydrogen-bond acceptors (Lipinski definition) is 3. The molecule has 106 valence electrons. The van der Waals surface area contributed by atoms with Gasteiger partial charge in [-0.2, -0.15) is 0 Å². The fraction of sp³-hybridized carbons (Fsp3) is 1.00. The van der Waals surface area contributed by atoms with Gasteiger partial charge >= 0.3 is 0 Å². The van der Waals surface area contributed by atoms with Crippen LogP contribution in [0.25, 0.3) is 0 Å². The summed E-state index contributed by atoms with van der Waals surface area (Å²) in [4.78, 5) is 2.72. The zero-order valence-corrected chi connectivity index (χ0v) is 12.5. The van der Waals surface area contributed by atoms with E-state index in [0.29, 0.717) is 12.0 Å². The van der Waals surface area contributed by atoms with Crippen LogP contribution in [0.15, 0.2) is 0 Å². The van der Waals surface area contributed by atoms with Crippen molar-refractivity contribution in [3.63, 3.8) is 0 Å². The van der Waals surface area contributed by atoms with Crippen LogP contribution < -0.4 is 5.32 Å². The summed E-state index contributed by atoms with van der Waals surface area (Å²) in [5.74, 6) is 2.32. The van der Waals surface area contributed by atoms with E-state index >= 15 is 0 Å².